The Balaban J connectivity index is 1.80. The first-order valence-electron chi connectivity index (χ1n) is 6.22. The Hall–Kier alpha value is -2.21. The molecule has 0 saturated carbocycles. The van der Waals surface area contributed by atoms with Gasteiger partial charge in [0.1, 0.15) is 5.82 Å². The molecule has 0 aromatic heterocycles. The zero-order valence-electron chi connectivity index (χ0n) is 10.7. The van der Waals surface area contributed by atoms with Crippen molar-refractivity contribution in [3.8, 4) is 0 Å². The minimum absolute atomic E-state index is 0.277. The Morgan fingerprint density at radius 2 is 1.81 bits per heavy atom. The number of anilines is 1. The number of fused-ring (bicyclic) bond motifs is 1. The molecule has 21 heavy (non-hydrogen) atoms. The number of hydrogen-bond acceptors (Lipinski definition) is 3. The van der Waals surface area contributed by atoms with Crippen LogP contribution in [0.4, 0.5) is 10.1 Å². The van der Waals surface area contributed by atoms with E-state index in [4.69, 9.17) is 0 Å². The molecule has 2 N–H and O–H groups in total. The van der Waals surface area contributed by atoms with Crippen LogP contribution in [-0.4, -0.2) is 11.8 Å². The third-order valence-corrected chi connectivity index (χ3v) is 3.72. The molecule has 0 bridgehead atoms. The summed E-state index contributed by atoms with van der Waals surface area (Å²) in [7, 11) is 0. The van der Waals surface area contributed by atoms with Crippen LogP contribution in [0.1, 0.15) is 26.3 Å². The highest BCUT2D eigenvalue weighted by atomic mass is 79.9. The topological polar surface area (TPSA) is 58.2 Å². The van der Waals surface area contributed by atoms with Crippen molar-refractivity contribution in [3.63, 3.8) is 0 Å². The lowest BCUT2D eigenvalue weighted by Crippen LogP contribution is -2.19. The Labute approximate surface area is 128 Å². The van der Waals surface area contributed by atoms with Crippen LogP contribution in [-0.2, 0) is 6.54 Å². The van der Waals surface area contributed by atoms with Gasteiger partial charge in [-0.1, -0.05) is 15.9 Å². The van der Waals surface area contributed by atoms with Crippen molar-refractivity contribution in [2.24, 2.45) is 0 Å². The average molecular weight is 349 g/mol. The van der Waals surface area contributed by atoms with Crippen LogP contribution in [0.25, 0.3) is 0 Å². The summed E-state index contributed by atoms with van der Waals surface area (Å²) in [6.07, 6.45) is 0. The van der Waals surface area contributed by atoms with Gasteiger partial charge in [0.05, 0.1) is 11.1 Å². The van der Waals surface area contributed by atoms with Crippen molar-refractivity contribution < 1.29 is 14.0 Å². The highest BCUT2D eigenvalue weighted by molar-refractivity contribution is 9.10. The zero-order chi connectivity index (χ0) is 15.0. The molecule has 0 radical (unpaired) electrons. The standard InChI is InChI=1S/C15H10BrFN2O2/c16-9-1-4-13(17)8(5-9)7-18-10-2-3-11-12(6-10)15(21)19-14(11)20/h1-6,18H,7H2,(H,19,20,21). The Kier molecular flexibility index (Phi) is 3.47. The van der Waals surface area contributed by atoms with Crippen LogP contribution in [0.5, 0.6) is 0 Å². The first kappa shape index (κ1) is 13.8. The molecule has 3 rings (SSSR count). The first-order valence-corrected chi connectivity index (χ1v) is 7.01. The summed E-state index contributed by atoms with van der Waals surface area (Å²) in [5.74, 6) is -1.10. The molecular formula is C15H10BrFN2O2. The highest BCUT2D eigenvalue weighted by Crippen LogP contribution is 2.22. The summed E-state index contributed by atoms with van der Waals surface area (Å²) in [4.78, 5) is 23.0. The fourth-order valence-corrected chi connectivity index (χ4v) is 2.56. The van der Waals surface area contributed by atoms with E-state index in [-0.39, 0.29) is 18.3 Å². The predicted octanol–water partition coefficient (Wildman–Crippen LogP) is 3.08. The highest BCUT2D eigenvalue weighted by Gasteiger charge is 2.26. The van der Waals surface area contributed by atoms with Gasteiger partial charge in [0.25, 0.3) is 11.8 Å². The molecule has 0 aliphatic carbocycles. The maximum atomic E-state index is 13.6. The molecule has 2 aromatic rings. The van der Waals surface area contributed by atoms with Crippen molar-refractivity contribution >= 4 is 33.4 Å². The van der Waals surface area contributed by atoms with E-state index in [1.165, 1.54) is 6.07 Å². The summed E-state index contributed by atoms with van der Waals surface area (Å²) in [5, 5.41) is 5.27. The minimum Gasteiger partial charge on any atom is -0.381 e. The molecule has 0 atom stereocenters. The van der Waals surface area contributed by atoms with Gasteiger partial charge in [-0.2, -0.15) is 0 Å². The number of carbonyl (C=O) groups is 2. The van der Waals surface area contributed by atoms with Crippen LogP contribution in [0.2, 0.25) is 0 Å². The molecule has 0 unspecified atom stereocenters. The van der Waals surface area contributed by atoms with Crippen LogP contribution in [0.3, 0.4) is 0 Å². The number of amides is 2. The third kappa shape index (κ3) is 2.67. The predicted molar refractivity (Wildman–Crippen MR) is 79.7 cm³/mol. The van der Waals surface area contributed by atoms with Crippen LogP contribution in [0, 0.1) is 5.82 Å². The lowest BCUT2D eigenvalue weighted by Gasteiger charge is -2.08. The number of rotatable bonds is 3. The molecule has 0 spiro atoms. The largest absolute Gasteiger partial charge is 0.381 e. The Morgan fingerprint density at radius 3 is 2.62 bits per heavy atom. The van der Waals surface area contributed by atoms with Crippen LogP contribution in [0.15, 0.2) is 40.9 Å². The molecule has 106 valence electrons. The SMILES string of the molecule is O=C1NC(=O)c2cc(NCc3cc(Br)ccc3F)ccc21. The second-order valence-electron chi connectivity index (χ2n) is 4.63. The van der Waals surface area contributed by atoms with Crippen molar-refractivity contribution in [2.45, 2.75) is 6.54 Å². The van der Waals surface area contributed by atoms with E-state index in [0.29, 0.717) is 22.4 Å². The summed E-state index contributed by atoms with van der Waals surface area (Å²) >= 11 is 3.29. The van der Waals surface area contributed by atoms with Gasteiger partial charge in [-0.25, -0.2) is 4.39 Å². The number of hydrogen-bond donors (Lipinski definition) is 2. The van der Waals surface area contributed by atoms with Crippen molar-refractivity contribution in [2.75, 3.05) is 5.32 Å². The smallest absolute Gasteiger partial charge is 0.259 e. The van der Waals surface area contributed by atoms with Gasteiger partial charge >= 0.3 is 0 Å². The molecule has 0 fully saturated rings. The van der Waals surface area contributed by atoms with E-state index >= 15 is 0 Å². The maximum absolute atomic E-state index is 13.6. The molecule has 1 aliphatic rings. The quantitative estimate of drug-likeness (QED) is 0.838. The summed E-state index contributed by atoms with van der Waals surface area (Å²) in [6, 6.07) is 9.56. The number of halogens is 2. The number of imide groups is 1. The second-order valence-corrected chi connectivity index (χ2v) is 5.55. The lowest BCUT2D eigenvalue weighted by molar-refractivity contribution is 0.0879. The average Bonchev–Trinajstić information content (AvgIpc) is 2.75. The molecule has 2 amide bonds. The van der Waals surface area contributed by atoms with Gasteiger partial charge in [0, 0.05) is 22.3 Å². The molecular weight excluding hydrogens is 339 g/mol. The van der Waals surface area contributed by atoms with E-state index in [0.717, 1.165) is 4.47 Å². The monoisotopic (exact) mass is 348 g/mol. The molecule has 1 heterocycles. The zero-order valence-corrected chi connectivity index (χ0v) is 12.3. The summed E-state index contributed by atoms with van der Waals surface area (Å²) in [6.45, 7) is 0.277. The first-order chi connectivity index (χ1) is 10.0. The van der Waals surface area contributed by atoms with Crippen LogP contribution < -0.4 is 10.6 Å². The van der Waals surface area contributed by atoms with Gasteiger partial charge < -0.3 is 5.32 Å². The molecule has 0 saturated heterocycles. The van der Waals surface area contributed by atoms with E-state index < -0.39 is 5.91 Å². The van der Waals surface area contributed by atoms with E-state index in [1.807, 2.05) is 0 Å². The fraction of sp³-hybridized carbons (Fsp3) is 0.0667. The van der Waals surface area contributed by atoms with E-state index in [1.54, 1.807) is 30.3 Å². The molecule has 1 aliphatic heterocycles. The van der Waals surface area contributed by atoms with Gasteiger partial charge in [0.2, 0.25) is 0 Å². The lowest BCUT2D eigenvalue weighted by atomic mass is 10.1. The van der Waals surface area contributed by atoms with Crippen molar-refractivity contribution in [1.29, 1.82) is 0 Å². The minimum atomic E-state index is -0.410. The van der Waals surface area contributed by atoms with Gasteiger partial charge in [-0.15, -0.1) is 0 Å². The molecule has 2 aromatic carbocycles. The summed E-state index contributed by atoms with van der Waals surface area (Å²) in [5.41, 5.74) is 1.85. The maximum Gasteiger partial charge on any atom is 0.259 e. The molecule has 6 heteroatoms. The molecule has 4 nitrogen and oxygen atoms in total. The number of benzene rings is 2. The number of nitrogens with one attached hydrogen (secondary N) is 2. The van der Waals surface area contributed by atoms with E-state index in [2.05, 4.69) is 26.6 Å². The van der Waals surface area contributed by atoms with Gasteiger partial charge in [0.15, 0.2) is 0 Å². The van der Waals surface area contributed by atoms with E-state index in [9.17, 15) is 14.0 Å². The van der Waals surface area contributed by atoms with Crippen molar-refractivity contribution in [1.82, 2.24) is 5.32 Å². The Morgan fingerprint density at radius 1 is 1.05 bits per heavy atom. The summed E-state index contributed by atoms with van der Waals surface area (Å²) < 4.78 is 14.4. The van der Waals surface area contributed by atoms with Gasteiger partial charge in [-0.3, -0.25) is 14.9 Å². The Bertz CT molecular complexity index is 761. The second kappa shape index (κ2) is 5.29. The van der Waals surface area contributed by atoms with Gasteiger partial charge in [-0.05, 0) is 36.4 Å². The van der Waals surface area contributed by atoms with Crippen LogP contribution >= 0.6 is 15.9 Å². The number of carbonyl (C=O) groups excluding carboxylic acids is 2. The fourth-order valence-electron chi connectivity index (χ4n) is 2.15. The van der Waals surface area contributed by atoms with Crippen molar-refractivity contribution in [3.05, 3.63) is 63.4 Å². The normalized spacial score (nSPS) is 13.0. The third-order valence-electron chi connectivity index (χ3n) is 3.23.